The molecule has 7 nitrogen and oxygen atoms in total. The van der Waals surface area contributed by atoms with Gasteiger partial charge in [0.1, 0.15) is 0 Å². The van der Waals surface area contributed by atoms with Gasteiger partial charge in [0.05, 0.1) is 11.5 Å². The highest BCUT2D eigenvalue weighted by molar-refractivity contribution is 14.0. The number of carbonyl (C=O) groups is 1. The van der Waals surface area contributed by atoms with Gasteiger partial charge in [0.25, 0.3) is 0 Å². The summed E-state index contributed by atoms with van der Waals surface area (Å²) in [5, 5.41) is 9.04. The van der Waals surface area contributed by atoms with Crippen LogP contribution >= 0.6 is 24.0 Å². The summed E-state index contributed by atoms with van der Waals surface area (Å²) < 4.78 is 22.6. The molecule has 1 aliphatic heterocycles. The second-order valence-corrected chi connectivity index (χ2v) is 7.78. The van der Waals surface area contributed by atoms with Gasteiger partial charge in [-0.25, -0.2) is 8.42 Å². The molecule has 0 aliphatic carbocycles. The van der Waals surface area contributed by atoms with Crippen LogP contribution in [0.15, 0.2) is 4.99 Å². The number of rotatable bonds is 8. The third-order valence-corrected chi connectivity index (χ3v) is 5.31. The molecule has 0 spiro atoms. The van der Waals surface area contributed by atoms with E-state index in [2.05, 4.69) is 27.9 Å². The quantitative estimate of drug-likeness (QED) is 0.214. The van der Waals surface area contributed by atoms with Crippen molar-refractivity contribution in [1.29, 1.82) is 0 Å². The van der Waals surface area contributed by atoms with Crippen LogP contribution in [0.5, 0.6) is 0 Å². The number of halogens is 1. The molecule has 0 radical (unpaired) electrons. The summed E-state index contributed by atoms with van der Waals surface area (Å²) in [4.78, 5) is 15.9. The van der Waals surface area contributed by atoms with Gasteiger partial charge in [-0.05, 0) is 12.8 Å². The fourth-order valence-electron chi connectivity index (χ4n) is 2.31. The zero-order valence-corrected chi connectivity index (χ0v) is 17.1. The summed E-state index contributed by atoms with van der Waals surface area (Å²) in [7, 11) is -1.26. The zero-order valence-electron chi connectivity index (χ0n) is 13.9. The van der Waals surface area contributed by atoms with Crippen molar-refractivity contribution in [2.75, 3.05) is 31.6 Å². The van der Waals surface area contributed by atoms with E-state index in [1.807, 2.05) is 0 Å². The SMILES string of the molecule is CCCCCNC(=NC)NCCC(=O)NC1CCS(=O)(=O)C1.I. The summed E-state index contributed by atoms with van der Waals surface area (Å²) >= 11 is 0. The molecule has 23 heavy (non-hydrogen) atoms. The van der Waals surface area contributed by atoms with Crippen molar-refractivity contribution in [2.45, 2.75) is 45.1 Å². The molecule has 136 valence electrons. The van der Waals surface area contributed by atoms with Crippen molar-refractivity contribution in [2.24, 2.45) is 4.99 Å². The van der Waals surface area contributed by atoms with E-state index in [1.54, 1.807) is 7.05 Å². The molecule has 1 rings (SSSR count). The number of unbranched alkanes of at least 4 members (excludes halogenated alkanes) is 2. The Morgan fingerprint density at radius 1 is 1.22 bits per heavy atom. The molecule has 0 bridgehead atoms. The molecule has 0 aromatic carbocycles. The summed E-state index contributed by atoms with van der Waals surface area (Å²) in [6.45, 7) is 3.49. The molecule has 1 amide bonds. The lowest BCUT2D eigenvalue weighted by Crippen LogP contribution is -2.41. The maximum Gasteiger partial charge on any atom is 0.222 e. The molecule has 1 fully saturated rings. The monoisotopic (exact) mass is 460 g/mol. The first-order valence-electron chi connectivity index (χ1n) is 7.91. The summed E-state index contributed by atoms with van der Waals surface area (Å²) in [6, 6.07) is -0.232. The lowest BCUT2D eigenvalue weighted by Gasteiger charge is -2.13. The number of sulfone groups is 1. The van der Waals surface area contributed by atoms with E-state index in [0.717, 1.165) is 13.0 Å². The number of hydrogen-bond donors (Lipinski definition) is 3. The second kappa shape index (κ2) is 11.9. The van der Waals surface area contributed by atoms with Crippen LogP contribution in [0.3, 0.4) is 0 Å². The Hall–Kier alpha value is -0.580. The highest BCUT2D eigenvalue weighted by atomic mass is 127. The van der Waals surface area contributed by atoms with Gasteiger partial charge in [0.15, 0.2) is 15.8 Å². The maximum absolute atomic E-state index is 11.8. The van der Waals surface area contributed by atoms with E-state index in [4.69, 9.17) is 0 Å². The lowest BCUT2D eigenvalue weighted by atomic mass is 10.2. The first-order chi connectivity index (χ1) is 10.5. The van der Waals surface area contributed by atoms with Crippen LogP contribution in [0, 0.1) is 0 Å². The fraction of sp³-hybridized carbons (Fsp3) is 0.857. The van der Waals surface area contributed by atoms with Crippen LogP contribution in [0.2, 0.25) is 0 Å². The van der Waals surface area contributed by atoms with Gasteiger partial charge >= 0.3 is 0 Å². The first-order valence-corrected chi connectivity index (χ1v) is 9.73. The Bertz CT molecular complexity index is 482. The second-order valence-electron chi connectivity index (χ2n) is 5.55. The average Bonchev–Trinajstić information content (AvgIpc) is 2.80. The third-order valence-electron chi connectivity index (χ3n) is 3.54. The van der Waals surface area contributed by atoms with E-state index in [0.29, 0.717) is 25.3 Å². The number of guanidine groups is 1. The fourth-order valence-corrected chi connectivity index (χ4v) is 3.98. The topological polar surface area (TPSA) is 99.7 Å². The van der Waals surface area contributed by atoms with Crippen LogP contribution in [-0.4, -0.2) is 58.0 Å². The average molecular weight is 460 g/mol. The normalized spacial score (nSPS) is 19.7. The molecule has 1 unspecified atom stereocenters. The molecular formula is C14H29IN4O3S. The van der Waals surface area contributed by atoms with Crippen LogP contribution < -0.4 is 16.0 Å². The predicted molar refractivity (Wildman–Crippen MR) is 104 cm³/mol. The Labute approximate surface area is 156 Å². The number of nitrogens with one attached hydrogen (secondary N) is 3. The van der Waals surface area contributed by atoms with E-state index in [9.17, 15) is 13.2 Å². The van der Waals surface area contributed by atoms with Crippen LogP contribution in [0.4, 0.5) is 0 Å². The van der Waals surface area contributed by atoms with Crippen molar-refractivity contribution >= 4 is 45.7 Å². The number of carbonyl (C=O) groups excluding carboxylic acids is 1. The van der Waals surface area contributed by atoms with Crippen LogP contribution in [-0.2, 0) is 14.6 Å². The predicted octanol–water partition coefficient (Wildman–Crippen LogP) is 0.653. The number of hydrogen-bond acceptors (Lipinski definition) is 4. The van der Waals surface area contributed by atoms with Gasteiger partial charge < -0.3 is 16.0 Å². The molecule has 1 aliphatic rings. The molecule has 0 saturated carbocycles. The highest BCUT2D eigenvalue weighted by Gasteiger charge is 2.28. The van der Waals surface area contributed by atoms with Crippen molar-refractivity contribution in [3.05, 3.63) is 0 Å². The third kappa shape index (κ3) is 10.0. The number of nitrogens with zero attached hydrogens (tertiary/aromatic N) is 1. The standard InChI is InChI=1S/C14H28N4O3S.HI/c1-3-4-5-8-16-14(15-2)17-9-6-13(19)18-12-7-10-22(20,21)11-12;/h12H,3-11H2,1-2H3,(H,18,19)(H2,15,16,17);1H. The maximum atomic E-state index is 11.8. The van der Waals surface area contributed by atoms with Crippen molar-refractivity contribution in [3.8, 4) is 0 Å². The Morgan fingerprint density at radius 2 is 1.91 bits per heavy atom. The van der Waals surface area contributed by atoms with Crippen LogP contribution in [0.1, 0.15) is 39.0 Å². The van der Waals surface area contributed by atoms with Gasteiger partial charge in [-0.15, -0.1) is 24.0 Å². The molecule has 9 heteroatoms. The minimum absolute atomic E-state index is 0. The minimum atomic E-state index is -2.95. The van der Waals surface area contributed by atoms with Gasteiger partial charge in [0.2, 0.25) is 5.91 Å². The molecule has 0 aromatic rings. The highest BCUT2D eigenvalue weighted by Crippen LogP contribution is 2.11. The number of aliphatic imine (C=N–C) groups is 1. The number of amides is 1. The van der Waals surface area contributed by atoms with Crippen molar-refractivity contribution in [1.82, 2.24) is 16.0 Å². The van der Waals surface area contributed by atoms with Crippen molar-refractivity contribution < 1.29 is 13.2 Å². The Morgan fingerprint density at radius 3 is 2.48 bits per heavy atom. The smallest absolute Gasteiger partial charge is 0.222 e. The van der Waals surface area contributed by atoms with Gasteiger partial charge in [-0.2, -0.15) is 0 Å². The molecule has 3 N–H and O–H groups in total. The van der Waals surface area contributed by atoms with Gasteiger partial charge in [-0.1, -0.05) is 19.8 Å². The zero-order chi connectivity index (χ0) is 16.4. The lowest BCUT2D eigenvalue weighted by molar-refractivity contribution is -0.121. The molecular weight excluding hydrogens is 431 g/mol. The molecule has 0 aromatic heterocycles. The van der Waals surface area contributed by atoms with Crippen LogP contribution in [0.25, 0.3) is 0 Å². The Kier molecular flexibility index (Phi) is 11.6. The molecule has 1 saturated heterocycles. The van der Waals surface area contributed by atoms with E-state index >= 15 is 0 Å². The van der Waals surface area contributed by atoms with E-state index in [1.165, 1.54) is 12.8 Å². The largest absolute Gasteiger partial charge is 0.356 e. The van der Waals surface area contributed by atoms with Gasteiger partial charge in [0, 0.05) is 32.6 Å². The first kappa shape index (κ1) is 22.4. The summed E-state index contributed by atoms with van der Waals surface area (Å²) in [5.41, 5.74) is 0. The summed E-state index contributed by atoms with van der Waals surface area (Å²) in [6.07, 6.45) is 4.25. The minimum Gasteiger partial charge on any atom is -0.356 e. The van der Waals surface area contributed by atoms with Crippen molar-refractivity contribution in [3.63, 3.8) is 0 Å². The van der Waals surface area contributed by atoms with E-state index < -0.39 is 9.84 Å². The summed E-state index contributed by atoms with van der Waals surface area (Å²) in [5.74, 6) is 0.792. The Balaban J connectivity index is 0.00000484. The molecule has 1 atom stereocenters. The van der Waals surface area contributed by atoms with Gasteiger partial charge in [-0.3, -0.25) is 9.79 Å². The molecule has 1 heterocycles. The van der Waals surface area contributed by atoms with E-state index in [-0.39, 0.29) is 47.4 Å².